The normalized spacial score (nSPS) is 15.9. The lowest BCUT2D eigenvalue weighted by atomic mass is 9.96. The standard InChI is InChI=1S/C20H27N5O4/c1-12(2)25-17-14(11-22-25)9-15(10-21-17)19(27)29-13(3)18(26)24-20(28)23-16-7-5-4-6-8-16/h9-13,16H,4-8H2,1-3H3,(H2,23,24,26,28). The molecule has 1 saturated carbocycles. The molecule has 1 aliphatic rings. The van der Waals surface area contributed by atoms with Crippen LogP contribution >= 0.6 is 0 Å². The van der Waals surface area contributed by atoms with Crippen LogP contribution in [0.1, 0.15) is 69.3 Å². The molecular formula is C20H27N5O4. The largest absolute Gasteiger partial charge is 0.449 e. The summed E-state index contributed by atoms with van der Waals surface area (Å²) in [5.41, 5.74) is 0.883. The zero-order valence-corrected chi connectivity index (χ0v) is 17.0. The van der Waals surface area contributed by atoms with E-state index in [1.165, 1.54) is 19.5 Å². The molecule has 0 aliphatic heterocycles. The van der Waals surface area contributed by atoms with E-state index in [-0.39, 0.29) is 17.6 Å². The monoisotopic (exact) mass is 401 g/mol. The van der Waals surface area contributed by atoms with Crippen LogP contribution < -0.4 is 10.6 Å². The molecule has 2 aromatic rings. The van der Waals surface area contributed by atoms with E-state index in [9.17, 15) is 14.4 Å². The number of ether oxygens (including phenoxy) is 1. The maximum Gasteiger partial charge on any atom is 0.340 e. The van der Waals surface area contributed by atoms with Crippen LogP contribution in [-0.4, -0.2) is 44.8 Å². The van der Waals surface area contributed by atoms with Gasteiger partial charge in [-0.15, -0.1) is 0 Å². The van der Waals surface area contributed by atoms with Crippen molar-refractivity contribution in [3.63, 3.8) is 0 Å². The SMILES string of the molecule is CC(OC(=O)c1cnc2c(cnn2C(C)C)c1)C(=O)NC(=O)NC1CCCCC1. The average Bonchev–Trinajstić information content (AvgIpc) is 3.12. The van der Waals surface area contributed by atoms with E-state index in [1.807, 2.05) is 13.8 Å². The molecule has 0 bridgehead atoms. The third-order valence-electron chi connectivity index (χ3n) is 4.99. The van der Waals surface area contributed by atoms with E-state index < -0.39 is 24.0 Å². The molecule has 0 spiro atoms. The van der Waals surface area contributed by atoms with Gasteiger partial charge in [0.25, 0.3) is 5.91 Å². The molecule has 1 fully saturated rings. The van der Waals surface area contributed by atoms with Crippen molar-refractivity contribution in [3.05, 3.63) is 24.0 Å². The van der Waals surface area contributed by atoms with E-state index >= 15 is 0 Å². The molecule has 1 unspecified atom stereocenters. The third-order valence-corrected chi connectivity index (χ3v) is 4.99. The number of amides is 3. The second kappa shape index (κ2) is 9.02. The van der Waals surface area contributed by atoms with E-state index in [4.69, 9.17) is 4.74 Å². The number of hydrogen-bond acceptors (Lipinski definition) is 6. The molecule has 9 heteroatoms. The van der Waals surface area contributed by atoms with Gasteiger partial charge in [0, 0.05) is 23.7 Å². The molecular weight excluding hydrogens is 374 g/mol. The number of carbonyl (C=O) groups is 3. The summed E-state index contributed by atoms with van der Waals surface area (Å²) in [7, 11) is 0. The maximum atomic E-state index is 12.4. The Morgan fingerprint density at radius 3 is 2.55 bits per heavy atom. The van der Waals surface area contributed by atoms with Crippen LogP contribution in [0.15, 0.2) is 18.5 Å². The quantitative estimate of drug-likeness (QED) is 0.745. The number of rotatable bonds is 5. The highest BCUT2D eigenvalue weighted by Crippen LogP contribution is 2.18. The van der Waals surface area contributed by atoms with E-state index in [0.717, 1.165) is 25.7 Å². The Kier molecular flexibility index (Phi) is 6.46. The van der Waals surface area contributed by atoms with E-state index in [1.54, 1.807) is 16.9 Å². The summed E-state index contributed by atoms with van der Waals surface area (Å²) >= 11 is 0. The van der Waals surface area contributed by atoms with Crippen LogP contribution in [0.25, 0.3) is 11.0 Å². The Morgan fingerprint density at radius 2 is 1.86 bits per heavy atom. The second-order valence-electron chi connectivity index (χ2n) is 7.66. The highest BCUT2D eigenvalue weighted by molar-refractivity contribution is 5.99. The molecule has 3 amide bonds. The number of nitrogens with zero attached hydrogens (tertiary/aromatic N) is 3. The van der Waals surface area contributed by atoms with Crippen molar-refractivity contribution in [2.45, 2.75) is 71.1 Å². The highest BCUT2D eigenvalue weighted by atomic mass is 16.5. The number of esters is 1. The smallest absolute Gasteiger partial charge is 0.340 e. The Hall–Kier alpha value is -2.97. The molecule has 3 rings (SSSR count). The highest BCUT2D eigenvalue weighted by Gasteiger charge is 2.23. The summed E-state index contributed by atoms with van der Waals surface area (Å²) in [6.45, 7) is 5.39. The molecule has 2 heterocycles. The molecule has 1 aliphatic carbocycles. The Balaban J connectivity index is 1.55. The van der Waals surface area contributed by atoms with Crippen molar-refractivity contribution in [2.75, 3.05) is 0 Å². The minimum atomic E-state index is -1.12. The van der Waals surface area contributed by atoms with Crippen LogP contribution in [-0.2, 0) is 9.53 Å². The zero-order valence-electron chi connectivity index (χ0n) is 17.0. The zero-order chi connectivity index (χ0) is 21.0. The lowest BCUT2D eigenvalue weighted by Gasteiger charge is -2.23. The maximum absolute atomic E-state index is 12.4. The Morgan fingerprint density at radius 1 is 1.14 bits per heavy atom. The number of pyridine rings is 1. The van der Waals surface area contributed by atoms with Gasteiger partial charge in [0.1, 0.15) is 0 Å². The number of nitrogens with one attached hydrogen (secondary N) is 2. The topological polar surface area (TPSA) is 115 Å². The molecule has 9 nitrogen and oxygen atoms in total. The van der Waals surface area contributed by atoms with Crippen molar-refractivity contribution in [2.24, 2.45) is 0 Å². The van der Waals surface area contributed by atoms with Gasteiger partial charge in [0.05, 0.1) is 11.8 Å². The predicted octanol–water partition coefficient (Wildman–Crippen LogP) is 2.72. The van der Waals surface area contributed by atoms with Gasteiger partial charge in [-0.25, -0.2) is 19.3 Å². The van der Waals surface area contributed by atoms with Crippen molar-refractivity contribution in [1.29, 1.82) is 0 Å². The summed E-state index contributed by atoms with van der Waals surface area (Å²) in [6, 6.07) is 1.28. The van der Waals surface area contributed by atoms with Gasteiger partial charge in [-0.2, -0.15) is 5.10 Å². The number of hydrogen-bond donors (Lipinski definition) is 2. The third kappa shape index (κ3) is 5.10. The van der Waals surface area contributed by atoms with Crippen molar-refractivity contribution in [1.82, 2.24) is 25.4 Å². The first-order valence-electron chi connectivity index (χ1n) is 10.0. The fraction of sp³-hybridized carbons (Fsp3) is 0.550. The summed E-state index contributed by atoms with van der Waals surface area (Å²) in [5.74, 6) is -1.36. The number of imide groups is 1. The number of fused-ring (bicyclic) bond motifs is 1. The minimum absolute atomic E-state index is 0.0824. The van der Waals surface area contributed by atoms with Crippen molar-refractivity contribution < 1.29 is 19.1 Å². The lowest BCUT2D eigenvalue weighted by Crippen LogP contribution is -2.48. The molecule has 2 N–H and O–H groups in total. The van der Waals surface area contributed by atoms with Gasteiger partial charge in [-0.1, -0.05) is 19.3 Å². The summed E-state index contributed by atoms with van der Waals surface area (Å²) in [6.07, 6.45) is 7.04. The van der Waals surface area contributed by atoms with Crippen LogP contribution in [0.2, 0.25) is 0 Å². The summed E-state index contributed by atoms with van der Waals surface area (Å²) < 4.78 is 6.95. The minimum Gasteiger partial charge on any atom is -0.449 e. The molecule has 156 valence electrons. The molecule has 2 aromatic heterocycles. The number of carbonyl (C=O) groups excluding carboxylic acids is 3. The molecule has 29 heavy (non-hydrogen) atoms. The summed E-state index contributed by atoms with van der Waals surface area (Å²) in [5, 5.41) is 9.99. The first-order valence-corrected chi connectivity index (χ1v) is 10.0. The molecule has 0 saturated heterocycles. The van der Waals surface area contributed by atoms with Crippen molar-refractivity contribution in [3.8, 4) is 0 Å². The van der Waals surface area contributed by atoms with E-state index in [2.05, 4.69) is 20.7 Å². The fourth-order valence-electron chi connectivity index (χ4n) is 3.39. The van der Waals surface area contributed by atoms with Gasteiger partial charge < -0.3 is 10.1 Å². The van der Waals surface area contributed by atoms with Gasteiger partial charge in [0.2, 0.25) is 0 Å². The van der Waals surface area contributed by atoms with Crippen molar-refractivity contribution >= 4 is 28.9 Å². The van der Waals surface area contributed by atoms with Crippen LogP contribution in [0, 0.1) is 0 Å². The van der Waals surface area contributed by atoms with E-state index in [0.29, 0.717) is 11.0 Å². The van der Waals surface area contributed by atoms with Gasteiger partial charge in [-0.3, -0.25) is 10.1 Å². The number of aromatic nitrogens is 3. The molecule has 0 radical (unpaired) electrons. The predicted molar refractivity (Wildman–Crippen MR) is 106 cm³/mol. The summed E-state index contributed by atoms with van der Waals surface area (Å²) in [4.78, 5) is 40.8. The fourth-order valence-corrected chi connectivity index (χ4v) is 3.39. The van der Waals surface area contributed by atoms with Crippen LogP contribution in [0.3, 0.4) is 0 Å². The molecule has 1 atom stereocenters. The first-order chi connectivity index (χ1) is 13.8. The van der Waals surface area contributed by atoms with Gasteiger partial charge in [-0.05, 0) is 39.7 Å². The average molecular weight is 401 g/mol. The van der Waals surface area contributed by atoms with Crippen LogP contribution in [0.5, 0.6) is 0 Å². The second-order valence-corrected chi connectivity index (χ2v) is 7.66. The Bertz CT molecular complexity index is 901. The van der Waals surface area contributed by atoms with Gasteiger partial charge >= 0.3 is 12.0 Å². The number of urea groups is 1. The van der Waals surface area contributed by atoms with Gasteiger partial charge in [0.15, 0.2) is 11.8 Å². The lowest BCUT2D eigenvalue weighted by molar-refractivity contribution is -0.127. The van der Waals surface area contributed by atoms with Crippen LogP contribution in [0.4, 0.5) is 4.79 Å². The first kappa shape index (κ1) is 20.8. The molecule has 0 aromatic carbocycles. The Labute approximate surface area is 169 Å².